The Labute approximate surface area is 260 Å². The Morgan fingerprint density at radius 2 is 1.41 bits per heavy atom. The van der Waals surface area contributed by atoms with Gasteiger partial charge in [-0.2, -0.15) is 0 Å². The molecular weight excluding hydrogens is 544 g/mol. The van der Waals surface area contributed by atoms with Crippen molar-refractivity contribution in [2.75, 3.05) is 31.7 Å². The number of carbonyl (C=O) groups is 1. The molecular formula is C38H40N4O2. The van der Waals surface area contributed by atoms with Crippen molar-refractivity contribution in [2.24, 2.45) is 0 Å². The van der Waals surface area contributed by atoms with Gasteiger partial charge < -0.3 is 14.2 Å². The number of anilines is 1. The van der Waals surface area contributed by atoms with E-state index in [1.165, 1.54) is 5.56 Å². The van der Waals surface area contributed by atoms with Crippen LogP contribution >= 0.6 is 0 Å². The van der Waals surface area contributed by atoms with E-state index in [1.54, 1.807) is 7.11 Å². The zero-order valence-electron chi connectivity index (χ0n) is 25.8. The van der Waals surface area contributed by atoms with E-state index in [0.29, 0.717) is 26.2 Å². The summed E-state index contributed by atoms with van der Waals surface area (Å²) in [6, 6.07) is 38.2. The number of aryl methyl sites for hydroxylation is 1. The van der Waals surface area contributed by atoms with Crippen LogP contribution in [0.2, 0.25) is 0 Å². The summed E-state index contributed by atoms with van der Waals surface area (Å²) in [7, 11) is 1.73. The first kappa shape index (κ1) is 29.5. The predicted molar refractivity (Wildman–Crippen MR) is 176 cm³/mol. The molecule has 2 heterocycles. The third-order valence-corrected chi connectivity index (χ3v) is 9.03. The normalized spacial score (nSPS) is 15.9. The second kappa shape index (κ2) is 13.0. The molecule has 1 unspecified atom stereocenters. The van der Waals surface area contributed by atoms with Gasteiger partial charge in [0, 0.05) is 44.7 Å². The van der Waals surface area contributed by atoms with E-state index in [-0.39, 0.29) is 11.9 Å². The summed E-state index contributed by atoms with van der Waals surface area (Å²) in [4.78, 5) is 22.8. The van der Waals surface area contributed by atoms with Gasteiger partial charge in [-0.3, -0.25) is 9.69 Å². The maximum absolute atomic E-state index is 13.6. The number of hydrogen-bond donors (Lipinski definition) is 0. The summed E-state index contributed by atoms with van der Waals surface area (Å²) in [5.74, 6) is 0.110. The Kier molecular flexibility index (Phi) is 8.73. The lowest BCUT2D eigenvalue weighted by Crippen LogP contribution is -2.56. The number of rotatable bonds is 10. The average molecular weight is 585 g/mol. The van der Waals surface area contributed by atoms with E-state index in [1.807, 2.05) is 17.3 Å². The molecule has 5 aromatic rings. The molecule has 6 heteroatoms. The van der Waals surface area contributed by atoms with E-state index in [9.17, 15) is 4.79 Å². The summed E-state index contributed by atoms with van der Waals surface area (Å²) < 4.78 is 7.74. The van der Waals surface area contributed by atoms with Crippen LogP contribution in [0.4, 0.5) is 5.69 Å². The molecule has 0 radical (unpaired) electrons. The van der Waals surface area contributed by atoms with Crippen LogP contribution in [0, 0.1) is 13.8 Å². The summed E-state index contributed by atoms with van der Waals surface area (Å²) in [6.07, 6.45) is 4.93. The summed E-state index contributed by atoms with van der Waals surface area (Å²) in [5.41, 5.74) is 7.09. The van der Waals surface area contributed by atoms with Crippen LogP contribution < -0.4 is 4.90 Å². The van der Waals surface area contributed by atoms with Gasteiger partial charge in [-0.15, -0.1) is 0 Å². The molecule has 4 aromatic carbocycles. The minimum Gasteiger partial charge on any atom is -0.385 e. The van der Waals surface area contributed by atoms with Crippen LogP contribution in [0.1, 0.15) is 39.9 Å². The SMILES string of the molecule is COCCC1CN(c2cccc(C)c2C)C(=O)CN1Cc1cn(C(c2ccccc2)(c2ccccc2)c2ccccc2)cn1. The third kappa shape index (κ3) is 5.59. The number of piperazine rings is 1. The van der Waals surface area contributed by atoms with Crippen molar-refractivity contribution in [3.8, 4) is 0 Å². The van der Waals surface area contributed by atoms with Crippen molar-refractivity contribution in [3.63, 3.8) is 0 Å². The molecule has 0 saturated carbocycles. The van der Waals surface area contributed by atoms with Crippen LogP contribution in [0.5, 0.6) is 0 Å². The molecule has 0 bridgehead atoms. The van der Waals surface area contributed by atoms with Gasteiger partial charge in [0.25, 0.3) is 0 Å². The highest BCUT2D eigenvalue weighted by Crippen LogP contribution is 2.41. The molecule has 0 N–H and O–H groups in total. The molecule has 1 amide bonds. The zero-order valence-corrected chi connectivity index (χ0v) is 25.8. The van der Waals surface area contributed by atoms with E-state index >= 15 is 0 Å². The molecule has 0 spiro atoms. The van der Waals surface area contributed by atoms with Gasteiger partial charge in [-0.1, -0.05) is 103 Å². The van der Waals surface area contributed by atoms with E-state index in [4.69, 9.17) is 9.72 Å². The number of aromatic nitrogens is 2. The Morgan fingerprint density at radius 3 is 1.98 bits per heavy atom. The van der Waals surface area contributed by atoms with E-state index < -0.39 is 5.54 Å². The van der Waals surface area contributed by atoms with Crippen molar-refractivity contribution in [1.29, 1.82) is 0 Å². The van der Waals surface area contributed by atoms with Crippen molar-refractivity contribution >= 4 is 11.6 Å². The van der Waals surface area contributed by atoms with Crippen LogP contribution in [0.3, 0.4) is 0 Å². The molecule has 6 nitrogen and oxygen atoms in total. The third-order valence-electron chi connectivity index (χ3n) is 9.03. The number of imidazole rings is 1. The Balaban J connectivity index is 1.37. The van der Waals surface area contributed by atoms with Gasteiger partial charge in [0.2, 0.25) is 5.91 Å². The Bertz CT molecular complexity index is 1590. The molecule has 224 valence electrons. The van der Waals surface area contributed by atoms with Gasteiger partial charge >= 0.3 is 0 Å². The first-order valence-electron chi connectivity index (χ1n) is 15.3. The number of hydrogen-bond acceptors (Lipinski definition) is 4. The number of amides is 1. The van der Waals surface area contributed by atoms with Crippen LogP contribution in [-0.2, 0) is 21.6 Å². The molecule has 6 rings (SSSR count). The highest BCUT2D eigenvalue weighted by molar-refractivity contribution is 5.96. The molecule has 1 aliphatic heterocycles. The maximum Gasteiger partial charge on any atom is 0.241 e. The van der Waals surface area contributed by atoms with Crippen LogP contribution in [-0.4, -0.2) is 53.2 Å². The Hall–Kier alpha value is -4.52. The summed E-state index contributed by atoms with van der Waals surface area (Å²) in [6.45, 7) is 6.34. The fourth-order valence-corrected chi connectivity index (χ4v) is 6.61. The minimum atomic E-state index is -0.623. The van der Waals surface area contributed by atoms with E-state index in [2.05, 4.69) is 133 Å². The molecule has 1 aromatic heterocycles. The Morgan fingerprint density at radius 1 is 0.818 bits per heavy atom. The molecule has 1 aliphatic rings. The highest BCUT2D eigenvalue weighted by atomic mass is 16.5. The second-order valence-electron chi connectivity index (χ2n) is 11.6. The minimum absolute atomic E-state index is 0.110. The molecule has 44 heavy (non-hydrogen) atoms. The second-order valence-corrected chi connectivity index (χ2v) is 11.6. The summed E-state index contributed by atoms with van der Waals surface area (Å²) in [5, 5.41) is 0. The van der Waals surface area contributed by atoms with Gasteiger partial charge in [-0.25, -0.2) is 4.98 Å². The molecule has 0 aliphatic carbocycles. The van der Waals surface area contributed by atoms with Crippen molar-refractivity contribution in [2.45, 2.75) is 38.4 Å². The highest BCUT2D eigenvalue weighted by Gasteiger charge is 2.39. The van der Waals surface area contributed by atoms with Crippen molar-refractivity contribution < 1.29 is 9.53 Å². The lowest BCUT2D eigenvalue weighted by molar-refractivity contribution is -0.123. The monoisotopic (exact) mass is 584 g/mol. The largest absolute Gasteiger partial charge is 0.385 e. The van der Waals surface area contributed by atoms with Crippen molar-refractivity contribution in [1.82, 2.24) is 14.5 Å². The van der Waals surface area contributed by atoms with E-state index in [0.717, 1.165) is 40.1 Å². The lowest BCUT2D eigenvalue weighted by Gasteiger charge is -2.41. The first-order valence-corrected chi connectivity index (χ1v) is 15.3. The maximum atomic E-state index is 13.6. The van der Waals surface area contributed by atoms with Crippen molar-refractivity contribution in [3.05, 3.63) is 155 Å². The molecule has 1 atom stereocenters. The number of carbonyl (C=O) groups excluding carboxylic acids is 1. The number of ether oxygens (including phenoxy) is 1. The van der Waals surface area contributed by atoms with Crippen LogP contribution in [0.15, 0.2) is 122 Å². The zero-order chi connectivity index (χ0) is 30.5. The average Bonchev–Trinajstić information content (AvgIpc) is 3.52. The predicted octanol–water partition coefficient (Wildman–Crippen LogP) is 6.59. The lowest BCUT2D eigenvalue weighted by atomic mass is 9.77. The quantitative estimate of drug-likeness (QED) is 0.174. The van der Waals surface area contributed by atoms with Gasteiger partial charge in [0.15, 0.2) is 0 Å². The number of methoxy groups -OCH3 is 1. The molecule has 1 fully saturated rings. The van der Waals surface area contributed by atoms with Gasteiger partial charge in [0.1, 0.15) is 5.54 Å². The topological polar surface area (TPSA) is 50.6 Å². The standard InChI is InChI=1S/C38H40N4O2/c1-29-14-13-21-36(30(29)2)42-26-35(22-23-44-3)40(27-37(42)43)24-34-25-41(28-39-34)38(31-15-7-4-8-16-31,32-17-9-5-10-18-32)33-19-11-6-12-20-33/h4-21,25,28,35H,22-24,26-27H2,1-3H3. The molecule has 1 saturated heterocycles. The van der Waals surface area contributed by atoms with Gasteiger partial charge in [0.05, 0.1) is 18.6 Å². The fraction of sp³-hybridized carbons (Fsp3) is 0.263. The number of nitrogens with zero attached hydrogens (tertiary/aromatic N) is 4. The van der Waals surface area contributed by atoms with Gasteiger partial charge in [-0.05, 0) is 54.2 Å². The first-order chi connectivity index (χ1) is 21.5. The fourth-order valence-electron chi connectivity index (χ4n) is 6.61. The number of benzene rings is 4. The van der Waals surface area contributed by atoms with Crippen LogP contribution in [0.25, 0.3) is 0 Å². The summed E-state index contributed by atoms with van der Waals surface area (Å²) >= 11 is 0. The smallest absolute Gasteiger partial charge is 0.241 e.